The van der Waals surface area contributed by atoms with Crippen LogP contribution in [0.15, 0.2) is 12.3 Å². The summed E-state index contributed by atoms with van der Waals surface area (Å²) in [5, 5.41) is 24.6. The third kappa shape index (κ3) is 3.37. The zero-order valence-electron chi connectivity index (χ0n) is 20.7. The van der Waals surface area contributed by atoms with Crippen LogP contribution in [0.2, 0.25) is 0 Å². The lowest BCUT2D eigenvalue weighted by Crippen LogP contribution is -2.56. The summed E-state index contributed by atoms with van der Waals surface area (Å²) in [5.41, 5.74) is 1.03. The summed E-state index contributed by atoms with van der Waals surface area (Å²) in [6, 6.07) is 3.99. The van der Waals surface area contributed by atoms with Gasteiger partial charge in [0.15, 0.2) is 5.69 Å². The van der Waals surface area contributed by atoms with E-state index in [1.807, 2.05) is 16.9 Å². The molecular formula is C28H43N3O. The second-order valence-electron chi connectivity index (χ2n) is 12.7. The van der Waals surface area contributed by atoms with Gasteiger partial charge in [0.25, 0.3) is 0 Å². The number of aliphatic hydroxyl groups is 1. The van der Waals surface area contributed by atoms with Gasteiger partial charge in [-0.15, -0.1) is 0 Å². The van der Waals surface area contributed by atoms with Crippen molar-refractivity contribution in [3.8, 4) is 6.07 Å². The molecule has 32 heavy (non-hydrogen) atoms. The minimum Gasteiger partial charge on any atom is -0.390 e. The van der Waals surface area contributed by atoms with Gasteiger partial charge in [-0.05, 0) is 117 Å². The summed E-state index contributed by atoms with van der Waals surface area (Å²) in [6.45, 7) is 10.7. The highest BCUT2D eigenvalue weighted by Gasteiger charge is 2.61. The van der Waals surface area contributed by atoms with Crippen molar-refractivity contribution in [1.29, 1.82) is 5.26 Å². The SMILES string of the molecule is CC[C@@]1(O)CC[C@@]2(C)[C@H](CC[C@@H]3[C@@H]2CC[C@]2(C)C([C@@H](C)Cn4ccc(C#N)n4)CC[C@@H]32)C1. The molecule has 0 bridgehead atoms. The predicted octanol–water partition coefficient (Wildman–Crippen LogP) is 6.19. The van der Waals surface area contributed by atoms with Gasteiger partial charge in [-0.2, -0.15) is 10.4 Å². The molecule has 9 atom stereocenters. The van der Waals surface area contributed by atoms with Crippen LogP contribution >= 0.6 is 0 Å². The van der Waals surface area contributed by atoms with E-state index in [4.69, 9.17) is 5.26 Å². The van der Waals surface area contributed by atoms with Gasteiger partial charge in [-0.1, -0.05) is 27.7 Å². The minimum absolute atomic E-state index is 0.397. The lowest BCUT2D eigenvalue weighted by atomic mass is 9.43. The third-order valence-electron chi connectivity index (χ3n) is 11.5. The lowest BCUT2D eigenvalue weighted by molar-refractivity contribution is -0.152. The molecule has 1 aromatic rings. The molecule has 0 aliphatic heterocycles. The molecule has 0 amide bonds. The van der Waals surface area contributed by atoms with Crippen LogP contribution in [0.25, 0.3) is 0 Å². The average molecular weight is 438 g/mol. The van der Waals surface area contributed by atoms with E-state index in [0.29, 0.717) is 22.4 Å². The van der Waals surface area contributed by atoms with E-state index in [1.165, 1.54) is 44.9 Å². The van der Waals surface area contributed by atoms with Crippen LogP contribution < -0.4 is 0 Å². The molecule has 4 aliphatic carbocycles. The third-order valence-corrected chi connectivity index (χ3v) is 11.5. The fraction of sp³-hybridized carbons (Fsp3) is 0.857. The van der Waals surface area contributed by atoms with Crippen LogP contribution in [0, 0.1) is 57.7 Å². The highest BCUT2D eigenvalue weighted by Crippen LogP contribution is 2.68. The maximum absolute atomic E-state index is 11.0. The normalized spacial score (nSPS) is 46.6. The fourth-order valence-electron chi connectivity index (χ4n) is 9.56. The molecule has 4 heteroatoms. The molecular weight excluding hydrogens is 394 g/mol. The monoisotopic (exact) mass is 437 g/mol. The summed E-state index contributed by atoms with van der Waals surface area (Å²) < 4.78 is 1.99. The van der Waals surface area contributed by atoms with Crippen LogP contribution in [-0.4, -0.2) is 20.5 Å². The maximum Gasteiger partial charge on any atom is 0.162 e. The molecule has 4 nitrogen and oxygen atoms in total. The first-order valence-corrected chi connectivity index (χ1v) is 13.4. The first-order valence-electron chi connectivity index (χ1n) is 13.4. The molecule has 4 saturated carbocycles. The molecule has 4 fully saturated rings. The number of aromatic nitrogens is 2. The number of rotatable bonds is 4. The summed E-state index contributed by atoms with van der Waals surface area (Å²) in [5.74, 6) is 4.68. The van der Waals surface area contributed by atoms with Crippen molar-refractivity contribution in [2.75, 3.05) is 0 Å². The Bertz CT molecular complexity index is 887. The Labute approximate surface area is 194 Å². The number of nitriles is 1. The topological polar surface area (TPSA) is 61.8 Å². The fourth-order valence-corrected chi connectivity index (χ4v) is 9.56. The van der Waals surface area contributed by atoms with Crippen molar-refractivity contribution in [3.05, 3.63) is 18.0 Å². The van der Waals surface area contributed by atoms with Gasteiger partial charge in [0.1, 0.15) is 6.07 Å². The average Bonchev–Trinajstić information content (AvgIpc) is 3.37. The predicted molar refractivity (Wildman–Crippen MR) is 127 cm³/mol. The Morgan fingerprint density at radius 3 is 2.62 bits per heavy atom. The molecule has 1 aromatic heterocycles. The summed E-state index contributed by atoms with van der Waals surface area (Å²) in [7, 11) is 0. The van der Waals surface area contributed by atoms with Crippen LogP contribution in [-0.2, 0) is 6.54 Å². The zero-order valence-corrected chi connectivity index (χ0v) is 20.7. The zero-order chi connectivity index (χ0) is 22.7. The molecule has 5 rings (SSSR count). The number of hydrogen-bond donors (Lipinski definition) is 1. The Morgan fingerprint density at radius 2 is 1.91 bits per heavy atom. The van der Waals surface area contributed by atoms with Crippen LogP contribution in [0.3, 0.4) is 0 Å². The molecule has 1 unspecified atom stereocenters. The highest BCUT2D eigenvalue weighted by atomic mass is 16.3. The van der Waals surface area contributed by atoms with E-state index in [-0.39, 0.29) is 0 Å². The summed E-state index contributed by atoms with van der Waals surface area (Å²) >= 11 is 0. The first kappa shape index (κ1) is 22.5. The molecule has 0 aromatic carbocycles. The van der Waals surface area contributed by atoms with E-state index in [0.717, 1.165) is 55.4 Å². The summed E-state index contributed by atoms with van der Waals surface area (Å²) in [4.78, 5) is 0. The van der Waals surface area contributed by atoms with Crippen LogP contribution in [0.4, 0.5) is 0 Å². The van der Waals surface area contributed by atoms with Gasteiger partial charge >= 0.3 is 0 Å². The van der Waals surface area contributed by atoms with Crippen molar-refractivity contribution in [2.24, 2.45) is 46.3 Å². The standard InChI is InChI=1S/C28H43N3O/c1-5-28(32)14-13-26(3)20(16-28)6-7-22-24-9-8-23(27(24,4)12-10-25(22)26)19(2)18-31-15-11-21(17-29)30-31/h11,15,19-20,22-25,32H,5-10,12-14,16,18H2,1-4H3/t19-,20+,22-,23?,24-,25-,26-,27+,28+/m0/s1. The van der Waals surface area contributed by atoms with Crippen LogP contribution in [0.1, 0.15) is 97.6 Å². The van der Waals surface area contributed by atoms with Crippen molar-refractivity contribution in [2.45, 2.75) is 104 Å². The molecule has 4 aliphatic rings. The van der Waals surface area contributed by atoms with Crippen molar-refractivity contribution in [3.63, 3.8) is 0 Å². The minimum atomic E-state index is -0.397. The molecule has 1 N–H and O–H groups in total. The first-order chi connectivity index (χ1) is 15.2. The van der Waals surface area contributed by atoms with E-state index in [9.17, 15) is 5.11 Å². The highest BCUT2D eigenvalue weighted by molar-refractivity contribution is 5.16. The van der Waals surface area contributed by atoms with Gasteiger partial charge in [-0.3, -0.25) is 4.68 Å². The second-order valence-corrected chi connectivity index (χ2v) is 12.7. The van der Waals surface area contributed by atoms with E-state index < -0.39 is 5.60 Å². The van der Waals surface area contributed by atoms with E-state index in [1.54, 1.807) is 0 Å². The number of nitrogens with zero attached hydrogens (tertiary/aromatic N) is 3. The van der Waals surface area contributed by atoms with E-state index >= 15 is 0 Å². The van der Waals surface area contributed by atoms with Gasteiger partial charge in [0.2, 0.25) is 0 Å². The molecule has 0 saturated heterocycles. The largest absolute Gasteiger partial charge is 0.390 e. The maximum atomic E-state index is 11.0. The quantitative estimate of drug-likeness (QED) is 0.611. The van der Waals surface area contributed by atoms with Crippen molar-refractivity contribution >= 4 is 0 Å². The number of hydrogen-bond acceptors (Lipinski definition) is 3. The number of fused-ring (bicyclic) bond motifs is 5. The molecule has 1 heterocycles. The van der Waals surface area contributed by atoms with Gasteiger partial charge < -0.3 is 5.11 Å². The Kier molecular flexibility index (Phi) is 5.52. The van der Waals surface area contributed by atoms with Crippen molar-refractivity contribution < 1.29 is 5.11 Å². The molecule has 176 valence electrons. The smallest absolute Gasteiger partial charge is 0.162 e. The summed E-state index contributed by atoms with van der Waals surface area (Å²) in [6.07, 6.45) is 14.4. The lowest BCUT2D eigenvalue weighted by Gasteiger charge is -2.62. The second kappa shape index (κ2) is 7.86. The van der Waals surface area contributed by atoms with Gasteiger partial charge in [-0.25, -0.2) is 0 Å². The van der Waals surface area contributed by atoms with E-state index in [2.05, 4.69) is 38.9 Å². The Hall–Kier alpha value is -1.34. The van der Waals surface area contributed by atoms with Gasteiger partial charge in [0, 0.05) is 12.7 Å². The Morgan fingerprint density at radius 1 is 1.12 bits per heavy atom. The van der Waals surface area contributed by atoms with Gasteiger partial charge in [0.05, 0.1) is 5.60 Å². The Balaban J connectivity index is 1.32. The molecule has 0 radical (unpaired) electrons. The van der Waals surface area contributed by atoms with Crippen LogP contribution in [0.5, 0.6) is 0 Å². The molecule has 0 spiro atoms. The van der Waals surface area contributed by atoms with Crippen molar-refractivity contribution in [1.82, 2.24) is 9.78 Å².